The molecule has 20 heavy (non-hydrogen) atoms. The van der Waals surface area contributed by atoms with E-state index in [1.54, 1.807) is 6.07 Å². The normalized spacial score (nSPS) is 13.5. The van der Waals surface area contributed by atoms with E-state index in [0.29, 0.717) is 12.8 Å². The molecular formula is C13H18F4N2O. The second-order valence-electron chi connectivity index (χ2n) is 4.59. The molecule has 0 radical (unpaired) electrons. The predicted octanol–water partition coefficient (Wildman–Crippen LogP) is 2.48. The molecule has 0 aliphatic carbocycles. The van der Waals surface area contributed by atoms with Crippen LogP contribution in [0.15, 0.2) is 18.2 Å². The van der Waals surface area contributed by atoms with Crippen LogP contribution in [0.3, 0.4) is 0 Å². The smallest absolute Gasteiger partial charge is 0.372 e. The van der Waals surface area contributed by atoms with Gasteiger partial charge in [0.25, 0.3) is 0 Å². The molecule has 0 saturated carbocycles. The van der Waals surface area contributed by atoms with Crippen LogP contribution in [-0.4, -0.2) is 25.4 Å². The van der Waals surface area contributed by atoms with Crippen LogP contribution in [0.4, 0.5) is 17.6 Å². The highest BCUT2D eigenvalue weighted by atomic mass is 19.4. The summed E-state index contributed by atoms with van der Waals surface area (Å²) in [5.41, 5.74) is 4.18. The first-order chi connectivity index (χ1) is 9.31. The molecule has 0 aliphatic heterocycles. The van der Waals surface area contributed by atoms with Gasteiger partial charge in [-0.15, -0.1) is 0 Å². The monoisotopic (exact) mass is 294 g/mol. The van der Waals surface area contributed by atoms with Crippen molar-refractivity contribution in [3.63, 3.8) is 0 Å². The van der Waals surface area contributed by atoms with Crippen molar-refractivity contribution in [2.75, 3.05) is 13.2 Å². The number of aryl methyl sites for hydroxylation is 1. The van der Waals surface area contributed by atoms with Crippen molar-refractivity contribution in [1.82, 2.24) is 5.43 Å². The van der Waals surface area contributed by atoms with Crippen LogP contribution in [0.1, 0.15) is 17.5 Å². The molecule has 1 aromatic rings. The van der Waals surface area contributed by atoms with Gasteiger partial charge in [-0.2, -0.15) is 13.2 Å². The summed E-state index contributed by atoms with van der Waals surface area (Å²) in [4.78, 5) is 0. The van der Waals surface area contributed by atoms with Crippen LogP contribution in [0.25, 0.3) is 0 Å². The molecule has 0 aromatic heterocycles. The highest BCUT2D eigenvalue weighted by molar-refractivity contribution is 5.27. The minimum atomic E-state index is -4.33. The minimum absolute atomic E-state index is 0.0667. The minimum Gasteiger partial charge on any atom is -0.372 e. The maximum Gasteiger partial charge on any atom is 0.411 e. The Balaban J connectivity index is 2.45. The SMILES string of the molecule is Cc1ccc(F)cc1CC(CCOCC(F)(F)F)NN. The molecule has 0 bridgehead atoms. The van der Waals surface area contributed by atoms with Crippen molar-refractivity contribution in [2.24, 2.45) is 5.84 Å². The van der Waals surface area contributed by atoms with Gasteiger partial charge in [0.1, 0.15) is 12.4 Å². The number of nitrogens with one attached hydrogen (secondary N) is 1. The third-order valence-electron chi connectivity index (χ3n) is 2.89. The molecule has 3 N–H and O–H groups in total. The zero-order valence-electron chi connectivity index (χ0n) is 11.1. The number of ether oxygens (including phenoxy) is 1. The highest BCUT2D eigenvalue weighted by Gasteiger charge is 2.27. The van der Waals surface area contributed by atoms with Crippen LogP contribution in [-0.2, 0) is 11.2 Å². The standard InChI is InChI=1S/C13H18F4N2O/c1-9-2-3-11(14)6-10(9)7-12(19-18)4-5-20-8-13(15,16)17/h2-3,6,12,19H,4-5,7-8,18H2,1H3. The van der Waals surface area contributed by atoms with Crippen molar-refractivity contribution < 1.29 is 22.3 Å². The number of rotatable bonds is 7. The summed E-state index contributed by atoms with van der Waals surface area (Å²) in [5.74, 6) is 5.00. The van der Waals surface area contributed by atoms with Crippen LogP contribution in [0.2, 0.25) is 0 Å². The lowest BCUT2D eigenvalue weighted by molar-refractivity contribution is -0.174. The summed E-state index contributed by atoms with van der Waals surface area (Å²) in [7, 11) is 0. The molecule has 0 heterocycles. The van der Waals surface area contributed by atoms with Crippen LogP contribution >= 0.6 is 0 Å². The summed E-state index contributed by atoms with van der Waals surface area (Å²) in [5, 5.41) is 0. The van der Waals surface area contributed by atoms with E-state index >= 15 is 0 Å². The van der Waals surface area contributed by atoms with Gasteiger partial charge in [0.2, 0.25) is 0 Å². The number of hydrogen-bond donors (Lipinski definition) is 2. The van der Waals surface area contributed by atoms with Crippen molar-refractivity contribution in [2.45, 2.75) is 32.0 Å². The van der Waals surface area contributed by atoms with E-state index in [1.807, 2.05) is 6.92 Å². The molecule has 1 atom stereocenters. The molecule has 3 nitrogen and oxygen atoms in total. The van der Waals surface area contributed by atoms with Gasteiger partial charge in [0.15, 0.2) is 0 Å². The summed E-state index contributed by atoms with van der Waals surface area (Å²) in [6.07, 6.45) is -3.59. The third-order valence-corrected chi connectivity index (χ3v) is 2.89. The van der Waals surface area contributed by atoms with E-state index in [0.717, 1.165) is 11.1 Å². The van der Waals surface area contributed by atoms with Gasteiger partial charge < -0.3 is 4.74 Å². The lowest BCUT2D eigenvalue weighted by atomic mass is 10.00. The van der Waals surface area contributed by atoms with Crippen LogP contribution in [0, 0.1) is 12.7 Å². The fraction of sp³-hybridized carbons (Fsp3) is 0.538. The largest absolute Gasteiger partial charge is 0.411 e. The van der Waals surface area contributed by atoms with E-state index in [1.165, 1.54) is 12.1 Å². The van der Waals surface area contributed by atoms with Crippen LogP contribution < -0.4 is 11.3 Å². The third kappa shape index (κ3) is 6.31. The van der Waals surface area contributed by atoms with Crippen molar-refractivity contribution in [3.8, 4) is 0 Å². The Morgan fingerprint density at radius 2 is 2.05 bits per heavy atom. The molecule has 0 spiro atoms. The average Bonchev–Trinajstić information content (AvgIpc) is 2.36. The molecule has 0 fully saturated rings. The molecule has 1 rings (SSSR count). The first kappa shape index (κ1) is 16.9. The number of alkyl halides is 3. The summed E-state index contributed by atoms with van der Waals surface area (Å²) < 4.78 is 53.4. The first-order valence-corrected chi connectivity index (χ1v) is 6.17. The van der Waals surface area contributed by atoms with Gasteiger partial charge in [-0.1, -0.05) is 6.07 Å². The Kier molecular flexibility index (Phi) is 6.38. The topological polar surface area (TPSA) is 47.3 Å². The van der Waals surface area contributed by atoms with Gasteiger partial charge in [0.05, 0.1) is 0 Å². The Morgan fingerprint density at radius 1 is 1.35 bits per heavy atom. The molecule has 0 aliphatic rings. The molecule has 1 aromatic carbocycles. The highest BCUT2D eigenvalue weighted by Crippen LogP contribution is 2.16. The lowest BCUT2D eigenvalue weighted by Gasteiger charge is -2.17. The Labute approximate surface area is 115 Å². The van der Waals surface area contributed by atoms with Gasteiger partial charge in [-0.3, -0.25) is 11.3 Å². The maximum absolute atomic E-state index is 13.1. The molecule has 7 heteroatoms. The number of hydrazine groups is 1. The quantitative estimate of drug-likeness (QED) is 0.351. The van der Waals surface area contributed by atoms with Gasteiger partial charge >= 0.3 is 6.18 Å². The lowest BCUT2D eigenvalue weighted by Crippen LogP contribution is -2.38. The number of halogens is 4. The molecule has 1 unspecified atom stereocenters. The summed E-state index contributed by atoms with van der Waals surface area (Å²) in [6, 6.07) is 4.13. The fourth-order valence-corrected chi connectivity index (χ4v) is 1.78. The zero-order chi connectivity index (χ0) is 15.2. The number of hydrogen-bond acceptors (Lipinski definition) is 3. The molecular weight excluding hydrogens is 276 g/mol. The number of benzene rings is 1. The Bertz CT molecular complexity index is 423. The van der Waals surface area contributed by atoms with E-state index in [4.69, 9.17) is 5.84 Å². The first-order valence-electron chi connectivity index (χ1n) is 6.17. The predicted molar refractivity (Wildman–Crippen MR) is 67.4 cm³/mol. The van der Waals surface area contributed by atoms with Gasteiger partial charge in [-0.25, -0.2) is 4.39 Å². The average molecular weight is 294 g/mol. The zero-order valence-corrected chi connectivity index (χ0v) is 11.1. The van der Waals surface area contributed by atoms with Crippen LogP contribution in [0.5, 0.6) is 0 Å². The van der Waals surface area contributed by atoms with E-state index in [-0.39, 0.29) is 18.5 Å². The Morgan fingerprint density at radius 3 is 2.65 bits per heavy atom. The van der Waals surface area contributed by atoms with Crippen molar-refractivity contribution in [3.05, 3.63) is 35.1 Å². The fourth-order valence-electron chi connectivity index (χ4n) is 1.78. The second kappa shape index (κ2) is 7.56. The second-order valence-corrected chi connectivity index (χ2v) is 4.59. The maximum atomic E-state index is 13.1. The summed E-state index contributed by atoms with van der Waals surface area (Å²) in [6.45, 7) is 0.495. The van der Waals surface area contributed by atoms with Gasteiger partial charge in [-0.05, 0) is 43.0 Å². The molecule has 114 valence electrons. The molecule has 0 saturated heterocycles. The molecule has 0 amide bonds. The van der Waals surface area contributed by atoms with E-state index < -0.39 is 12.8 Å². The van der Waals surface area contributed by atoms with Gasteiger partial charge in [0, 0.05) is 12.6 Å². The van der Waals surface area contributed by atoms with E-state index in [9.17, 15) is 17.6 Å². The van der Waals surface area contributed by atoms with Crippen molar-refractivity contribution >= 4 is 0 Å². The van der Waals surface area contributed by atoms with Crippen molar-refractivity contribution in [1.29, 1.82) is 0 Å². The number of nitrogens with two attached hydrogens (primary N) is 1. The summed E-state index contributed by atoms with van der Waals surface area (Å²) >= 11 is 0. The Hall–Kier alpha value is -1.18. The van der Waals surface area contributed by atoms with E-state index in [2.05, 4.69) is 10.2 Å².